The third-order valence-corrected chi connectivity index (χ3v) is 4.15. The SMILES string of the molecule is NCCCCc1ccc2c(c1)CCN2C(=O)C1CC1. The number of carbonyl (C=O) groups is 1. The lowest BCUT2D eigenvalue weighted by Crippen LogP contribution is -2.30. The van der Waals surface area contributed by atoms with E-state index in [1.54, 1.807) is 0 Å². The van der Waals surface area contributed by atoms with Crippen molar-refractivity contribution < 1.29 is 4.79 Å². The van der Waals surface area contributed by atoms with Crippen molar-refractivity contribution in [2.75, 3.05) is 18.0 Å². The third-order valence-electron chi connectivity index (χ3n) is 4.15. The second-order valence-electron chi connectivity index (χ2n) is 5.72. The predicted molar refractivity (Wildman–Crippen MR) is 77.2 cm³/mol. The maximum atomic E-state index is 12.2. The lowest BCUT2D eigenvalue weighted by Gasteiger charge is -2.17. The second-order valence-corrected chi connectivity index (χ2v) is 5.72. The summed E-state index contributed by atoms with van der Waals surface area (Å²) in [6, 6.07) is 6.60. The zero-order valence-corrected chi connectivity index (χ0v) is 11.4. The highest BCUT2D eigenvalue weighted by molar-refractivity contribution is 5.98. The van der Waals surface area contributed by atoms with Crippen LogP contribution in [0.5, 0.6) is 0 Å². The van der Waals surface area contributed by atoms with E-state index in [-0.39, 0.29) is 0 Å². The van der Waals surface area contributed by atoms with E-state index in [0.717, 1.165) is 57.3 Å². The van der Waals surface area contributed by atoms with Crippen molar-refractivity contribution in [1.29, 1.82) is 0 Å². The van der Waals surface area contributed by atoms with Crippen LogP contribution in [0.1, 0.15) is 36.8 Å². The van der Waals surface area contributed by atoms with Gasteiger partial charge in [-0.05, 0) is 62.3 Å². The average Bonchev–Trinajstić information content (AvgIpc) is 3.18. The van der Waals surface area contributed by atoms with Crippen molar-refractivity contribution in [2.45, 2.75) is 38.5 Å². The Morgan fingerprint density at radius 3 is 2.89 bits per heavy atom. The molecular weight excluding hydrogens is 236 g/mol. The van der Waals surface area contributed by atoms with Gasteiger partial charge < -0.3 is 10.6 Å². The second kappa shape index (κ2) is 5.33. The number of unbranched alkanes of at least 4 members (excludes halogenated alkanes) is 1. The molecule has 2 N–H and O–H groups in total. The van der Waals surface area contributed by atoms with Crippen LogP contribution < -0.4 is 10.6 Å². The molecule has 0 saturated heterocycles. The summed E-state index contributed by atoms with van der Waals surface area (Å²) in [7, 11) is 0. The van der Waals surface area contributed by atoms with E-state index in [1.807, 2.05) is 4.90 Å². The topological polar surface area (TPSA) is 46.3 Å². The highest BCUT2D eigenvalue weighted by Crippen LogP contribution is 2.36. The van der Waals surface area contributed by atoms with Crippen molar-refractivity contribution in [1.82, 2.24) is 0 Å². The van der Waals surface area contributed by atoms with Gasteiger partial charge in [-0.25, -0.2) is 0 Å². The van der Waals surface area contributed by atoms with Crippen LogP contribution >= 0.6 is 0 Å². The molecule has 0 spiro atoms. The van der Waals surface area contributed by atoms with Crippen LogP contribution in [0.3, 0.4) is 0 Å². The molecule has 1 aromatic carbocycles. The van der Waals surface area contributed by atoms with Crippen LogP contribution in [0.25, 0.3) is 0 Å². The maximum Gasteiger partial charge on any atom is 0.230 e. The van der Waals surface area contributed by atoms with Gasteiger partial charge in [0.25, 0.3) is 0 Å². The first-order valence-corrected chi connectivity index (χ1v) is 7.43. The largest absolute Gasteiger partial charge is 0.330 e. The molecule has 102 valence electrons. The van der Waals surface area contributed by atoms with Gasteiger partial charge in [-0.3, -0.25) is 4.79 Å². The van der Waals surface area contributed by atoms with Crippen LogP contribution in [0.2, 0.25) is 0 Å². The Morgan fingerprint density at radius 2 is 2.16 bits per heavy atom. The number of hydrogen-bond donors (Lipinski definition) is 1. The molecular formula is C16H22N2O. The number of carbonyl (C=O) groups excluding carboxylic acids is 1. The lowest BCUT2D eigenvalue weighted by atomic mass is 10.0. The zero-order valence-electron chi connectivity index (χ0n) is 11.4. The molecule has 2 aliphatic rings. The highest BCUT2D eigenvalue weighted by atomic mass is 16.2. The summed E-state index contributed by atoms with van der Waals surface area (Å²) in [5, 5.41) is 0. The first kappa shape index (κ1) is 12.7. The Bertz CT molecular complexity index is 480. The summed E-state index contributed by atoms with van der Waals surface area (Å²) >= 11 is 0. The number of rotatable bonds is 5. The predicted octanol–water partition coefficient (Wildman–Crippen LogP) is 2.27. The molecule has 0 radical (unpaired) electrons. The van der Waals surface area contributed by atoms with Crippen molar-refractivity contribution in [3.8, 4) is 0 Å². The monoisotopic (exact) mass is 258 g/mol. The van der Waals surface area contributed by atoms with Crippen LogP contribution in [0, 0.1) is 5.92 Å². The minimum absolute atomic E-state index is 0.315. The highest BCUT2D eigenvalue weighted by Gasteiger charge is 2.36. The maximum absolute atomic E-state index is 12.2. The van der Waals surface area contributed by atoms with Crippen molar-refractivity contribution in [3.63, 3.8) is 0 Å². The van der Waals surface area contributed by atoms with Crippen molar-refractivity contribution >= 4 is 11.6 Å². The average molecular weight is 258 g/mol. The van der Waals surface area contributed by atoms with Crippen molar-refractivity contribution in [3.05, 3.63) is 29.3 Å². The lowest BCUT2D eigenvalue weighted by molar-refractivity contribution is -0.119. The fourth-order valence-corrected chi connectivity index (χ4v) is 2.86. The fourth-order valence-electron chi connectivity index (χ4n) is 2.86. The number of nitrogens with zero attached hydrogens (tertiary/aromatic N) is 1. The van der Waals surface area contributed by atoms with Gasteiger partial charge in [-0.2, -0.15) is 0 Å². The molecule has 1 aromatic rings. The van der Waals surface area contributed by atoms with Gasteiger partial charge >= 0.3 is 0 Å². The molecule has 3 rings (SSSR count). The van der Waals surface area contributed by atoms with E-state index >= 15 is 0 Å². The van der Waals surface area contributed by atoms with Crippen LogP contribution in [-0.4, -0.2) is 19.0 Å². The van der Waals surface area contributed by atoms with Crippen LogP contribution in [0.15, 0.2) is 18.2 Å². The first-order chi connectivity index (χ1) is 9.29. The van der Waals surface area contributed by atoms with Gasteiger partial charge in [-0.1, -0.05) is 12.1 Å². The van der Waals surface area contributed by atoms with E-state index in [0.29, 0.717) is 11.8 Å². The number of fused-ring (bicyclic) bond motifs is 1. The van der Waals surface area contributed by atoms with E-state index in [2.05, 4.69) is 18.2 Å². The molecule has 0 bridgehead atoms. The van der Waals surface area contributed by atoms with Gasteiger partial charge in [0.15, 0.2) is 0 Å². The van der Waals surface area contributed by atoms with E-state index in [1.165, 1.54) is 11.1 Å². The smallest absolute Gasteiger partial charge is 0.230 e. The van der Waals surface area contributed by atoms with E-state index in [4.69, 9.17) is 5.73 Å². The zero-order chi connectivity index (χ0) is 13.2. The minimum Gasteiger partial charge on any atom is -0.330 e. The Hall–Kier alpha value is -1.35. The molecule has 1 aliphatic carbocycles. The summed E-state index contributed by atoms with van der Waals surface area (Å²) in [4.78, 5) is 14.2. The molecule has 0 unspecified atom stereocenters. The quantitative estimate of drug-likeness (QED) is 0.824. The molecule has 3 nitrogen and oxygen atoms in total. The minimum atomic E-state index is 0.315. The van der Waals surface area contributed by atoms with Crippen LogP contribution in [0.4, 0.5) is 5.69 Å². The van der Waals surface area contributed by atoms with Gasteiger partial charge in [0.05, 0.1) is 0 Å². The third kappa shape index (κ3) is 2.66. The van der Waals surface area contributed by atoms with Crippen molar-refractivity contribution in [2.24, 2.45) is 11.7 Å². The number of hydrogen-bond acceptors (Lipinski definition) is 2. The number of amides is 1. The summed E-state index contributed by atoms with van der Waals surface area (Å²) in [6.07, 6.45) is 6.52. The molecule has 1 amide bonds. The van der Waals surface area contributed by atoms with E-state index < -0.39 is 0 Å². The number of nitrogens with two attached hydrogens (primary N) is 1. The number of benzene rings is 1. The Kier molecular flexibility index (Phi) is 3.56. The standard InChI is InChI=1S/C16H22N2O/c17-9-2-1-3-12-4-7-15-14(11-12)8-10-18(15)16(19)13-5-6-13/h4,7,11,13H,1-3,5-6,8-10,17H2. The molecule has 1 aliphatic heterocycles. The van der Waals surface area contributed by atoms with Gasteiger partial charge in [-0.15, -0.1) is 0 Å². The van der Waals surface area contributed by atoms with Crippen LogP contribution in [-0.2, 0) is 17.6 Å². The molecule has 1 heterocycles. The fraction of sp³-hybridized carbons (Fsp3) is 0.562. The normalized spacial score (nSPS) is 17.6. The summed E-state index contributed by atoms with van der Waals surface area (Å²) < 4.78 is 0. The molecule has 1 fully saturated rings. The van der Waals surface area contributed by atoms with Gasteiger partial charge in [0.1, 0.15) is 0 Å². The molecule has 1 saturated carbocycles. The number of anilines is 1. The molecule has 0 atom stereocenters. The molecule has 3 heteroatoms. The molecule has 19 heavy (non-hydrogen) atoms. The van der Waals surface area contributed by atoms with Gasteiger partial charge in [0, 0.05) is 18.2 Å². The summed E-state index contributed by atoms with van der Waals surface area (Å²) in [6.45, 7) is 1.64. The summed E-state index contributed by atoms with van der Waals surface area (Å²) in [5.41, 5.74) is 9.41. The summed E-state index contributed by atoms with van der Waals surface area (Å²) in [5.74, 6) is 0.657. The number of aryl methyl sites for hydroxylation is 1. The Balaban J connectivity index is 1.70. The Labute approximate surface area is 114 Å². The first-order valence-electron chi connectivity index (χ1n) is 7.43. The molecule has 0 aromatic heterocycles. The van der Waals surface area contributed by atoms with E-state index in [9.17, 15) is 4.79 Å². The Morgan fingerprint density at radius 1 is 1.32 bits per heavy atom. The van der Waals surface area contributed by atoms with Gasteiger partial charge in [0.2, 0.25) is 5.91 Å².